The first-order chi connectivity index (χ1) is 11.7. The molecule has 24 heavy (non-hydrogen) atoms. The Kier molecular flexibility index (Phi) is 3.80. The summed E-state index contributed by atoms with van der Waals surface area (Å²) in [6.07, 6.45) is 4.59. The van der Waals surface area contributed by atoms with Gasteiger partial charge in [-0.1, -0.05) is 0 Å². The highest BCUT2D eigenvalue weighted by atomic mass is 16.3. The molecule has 1 N–H and O–H groups in total. The highest BCUT2D eigenvalue weighted by Gasteiger charge is 2.39. The number of likely N-dealkylation sites (tertiary alicyclic amines) is 1. The Morgan fingerprint density at radius 1 is 1.04 bits per heavy atom. The normalized spacial score (nSPS) is 23.2. The Balaban J connectivity index is 1.44. The lowest BCUT2D eigenvalue weighted by Crippen LogP contribution is -2.40. The van der Waals surface area contributed by atoms with Gasteiger partial charge in [-0.2, -0.15) is 0 Å². The maximum atomic E-state index is 12.7. The SMILES string of the molecule is O=C(c1ccc(O)cc1)N1C[C@@H]2CCN(c3ncccn3)C[C@@H]2C1. The number of aromatic hydroxyl groups is 1. The minimum Gasteiger partial charge on any atom is -0.508 e. The number of benzene rings is 1. The van der Waals surface area contributed by atoms with E-state index in [-0.39, 0.29) is 11.7 Å². The number of phenols is 1. The zero-order chi connectivity index (χ0) is 16.5. The van der Waals surface area contributed by atoms with E-state index < -0.39 is 0 Å². The van der Waals surface area contributed by atoms with E-state index in [1.165, 1.54) is 0 Å². The van der Waals surface area contributed by atoms with Crippen LogP contribution in [-0.4, -0.2) is 52.1 Å². The molecular weight excluding hydrogens is 304 g/mol. The Hall–Kier alpha value is -2.63. The van der Waals surface area contributed by atoms with E-state index in [4.69, 9.17) is 0 Å². The van der Waals surface area contributed by atoms with Crippen molar-refractivity contribution in [2.45, 2.75) is 6.42 Å². The quantitative estimate of drug-likeness (QED) is 0.912. The minimum absolute atomic E-state index is 0.0481. The van der Waals surface area contributed by atoms with E-state index in [1.807, 2.05) is 11.0 Å². The van der Waals surface area contributed by atoms with Crippen molar-refractivity contribution < 1.29 is 9.90 Å². The van der Waals surface area contributed by atoms with E-state index in [0.717, 1.165) is 38.5 Å². The van der Waals surface area contributed by atoms with Crippen molar-refractivity contribution in [3.63, 3.8) is 0 Å². The summed E-state index contributed by atoms with van der Waals surface area (Å²) in [6, 6.07) is 8.31. The third-order valence-corrected chi connectivity index (χ3v) is 5.04. The number of aromatic nitrogens is 2. The third kappa shape index (κ3) is 2.79. The molecule has 124 valence electrons. The van der Waals surface area contributed by atoms with Crippen LogP contribution in [0.3, 0.4) is 0 Å². The molecular formula is C18H20N4O2. The van der Waals surface area contributed by atoms with E-state index in [1.54, 1.807) is 36.7 Å². The fourth-order valence-corrected chi connectivity index (χ4v) is 3.76. The highest BCUT2D eigenvalue weighted by Crippen LogP contribution is 2.33. The van der Waals surface area contributed by atoms with Gasteiger partial charge in [0, 0.05) is 44.1 Å². The van der Waals surface area contributed by atoms with Crippen LogP contribution in [0.5, 0.6) is 5.75 Å². The molecule has 0 unspecified atom stereocenters. The van der Waals surface area contributed by atoms with Gasteiger partial charge in [0.05, 0.1) is 0 Å². The van der Waals surface area contributed by atoms with Gasteiger partial charge in [0.15, 0.2) is 0 Å². The summed E-state index contributed by atoms with van der Waals surface area (Å²) >= 11 is 0. The maximum Gasteiger partial charge on any atom is 0.253 e. The second-order valence-corrected chi connectivity index (χ2v) is 6.56. The summed E-state index contributed by atoms with van der Waals surface area (Å²) in [4.78, 5) is 25.5. The van der Waals surface area contributed by atoms with Gasteiger partial charge >= 0.3 is 0 Å². The number of piperidine rings is 1. The van der Waals surface area contributed by atoms with Crippen LogP contribution >= 0.6 is 0 Å². The lowest BCUT2D eigenvalue weighted by atomic mass is 9.89. The van der Waals surface area contributed by atoms with Crippen LogP contribution in [0.1, 0.15) is 16.8 Å². The Bertz CT molecular complexity index is 720. The second kappa shape index (κ2) is 6.11. The summed E-state index contributed by atoms with van der Waals surface area (Å²) in [5.74, 6) is 2.01. The molecule has 0 saturated carbocycles. The van der Waals surface area contributed by atoms with Crippen LogP contribution in [-0.2, 0) is 0 Å². The number of carbonyl (C=O) groups excluding carboxylic acids is 1. The average Bonchev–Trinajstić information content (AvgIpc) is 3.06. The number of nitrogens with zero attached hydrogens (tertiary/aromatic N) is 4. The average molecular weight is 324 g/mol. The standard InChI is InChI=1S/C18H20N4O2/c23-16-4-2-13(3-5-16)17(24)22-10-14-6-9-21(11-15(14)12-22)18-19-7-1-8-20-18/h1-5,7-8,14-15,23H,6,9-12H2/t14-,15+/m0/s1. The first kappa shape index (κ1) is 14.9. The van der Waals surface area contributed by atoms with Crippen LogP contribution in [0.25, 0.3) is 0 Å². The predicted molar refractivity (Wildman–Crippen MR) is 89.9 cm³/mol. The first-order valence-corrected chi connectivity index (χ1v) is 8.31. The van der Waals surface area contributed by atoms with Gasteiger partial charge in [0.25, 0.3) is 5.91 Å². The zero-order valence-corrected chi connectivity index (χ0v) is 13.4. The lowest BCUT2D eigenvalue weighted by Gasteiger charge is -2.34. The van der Waals surface area contributed by atoms with Crippen molar-refractivity contribution in [1.29, 1.82) is 0 Å². The van der Waals surface area contributed by atoms with E-state index in [9.17, 15) is 9.90 Å². The third-order valence-electron chi connectivity index (χ3n) is 5.04. The molecule has 2 saturated heterocycles. The number of fused-ring (bicyclic) bond motifs is 1. The molecule has 2 aliphatic heterocycles. The van der Waals surface area contributed by atoms with Gasteiger partial charge in [-0.25, -0.2) is 9.97 Å². The van der Waals surface area contributed by atoms with Gasteiger partial charge in [0.2, 0.25) is 5.95 Å². The summed E-state index contributed by atoms with van der Waals surface area (Å²) in [6.45, 7) is 3.42. The number of amides is 1. The Morgan fingerprint density at radius 2 is 1.75 bits per heavy atom. The molecule has 2 atom stereocenters. The van der Waals surface area contributed by atoms with Crippen molar-refractivity contribution in [2.24, 2.45) is 11.8 Å². The zero-order valence-electron chi connectivity index (χ0n) is 13.4. The topological polar surface area (TPSA) is 69.6 Å². The summed E-state index contributed by atoms with van der Waals surface area (Å²) in [7, 11) is 0. The fraction of sp³-hybridized carbons (Fsp3) is 0.389. The lowest BCUT2D eigenvalue weighted by molar-refractivity contribution is 0.0784. The van der Waals surface area contributed by atoms with Gasteiger partial charge in [-0.15, -0.1) is 0 Å². The molecule has 1 amide bonds. The highest BCUT2D eigenvalue weighted by molar-refractivity contribution is 5.94. The number of rotatable bonds is 2. The molecule has 6 heteroatoms. The van der Waals surface area contributed by atoms with Crippen LogP contribution in [0.15, 0.2) is 42.7 Å². The molecule has 0 spiro atoms. The molecule has 2 aliphatic rings. The van der Waals surface area contributed by atoms with Crippen molar-refractivity contribution in [2.75, 3.05) is 31.1 Å². The Labute approximate surface area is 140 Å². The summed E-state index contributed by atoms with van der Waals surface area (Å²) in [5.41, 5.74) is 0.634. The fourth-order valence-electron chi connectivity index (χ4n) is 3.76. The van der Waals surface area contributed by atoms with Gasteiger partial charge in [0.1, 0.15) is 5.75 Å². The molecule has 2 aromatic rings. The smallest absolute Gasteiger partial charge is 0.253 e. The molecule has 0 bridgehead atoms. The molecule has 0 aliphatic carbocycles. The van der Waals surface area contributed by atoms with Crippen LogP contribution in [0.4, 0.5) is 5.95 Å². The molecule has 0 radical (unpaired) electrons. The van der Waals surface area contributed by atoms with Crippen molar-refractivity contribution in [3.05, 3.63) is 48.3 Å². The number of anilines is 1. The summed E-state index contributed by atoms with van der Waals surface area (Å²) < 4.78 is 0. The summed E-state index contributed by atoms with van der Waals surface area (Å²) in [5, 5.41) is 9.37. The number of phenolic OH excluding ortho intramolecular Hbond substituents is 1. The van der Waals surface area contributed by atoms with Crippen molar-refractivity contribution >= 4 is 11.9 Å². The van der Waals surface area contributed by atoms with Gasteiger partial charge < -0.3 is 14.9 Å². The van der Waals surface area contributed by atoms with E-state index >= 15 is 0 Å². The van der Waals surface area contributed by atoms with E-state index in [0.29, 0.717) is 17.4 Å². The molecule has 1 aromatic heterocycles. The van der Waals surface area contributed by atoms with Gasteiger partial charge in [-0.05, 0) is 48.6 Å². The maximum absolute atomic E-state index is 12.7. The molecule has 1 aromatic carbocycles. The van der Waals surface area contributed by atoms with Crippen LogP contribution < -0.4 is 4.90 Å². The predicted octanol–water partition coefficient (Wildman–Crippen LogP) is 1.78. The molecule has 4 rings (SSSR count). The Morgan fingerprint density at radius 3 is 2.50 bits per heavy atom. The minimum atomic E-state index is 0.0481. The molecule has 3 heterocycles. The monoisotopic (exact) mass is 324 g/mol. The first-order valence-electron chi connectivity index (χ1n) is 8.31. The number of hydrogen-bond donors (Lipinski definition) is 1. The molecule has 6 nitrogen and oxygen atoms in total. The van der Waals surface area contributed by atoms with Gasteiger partial charge in [-0.3, -0.25) is 4.79 Å². The van der Waals surface area contributed by atoms with E-state index in [2.05, 4.69) is 14.9 Å². The van der Waals surface area contributed by atoms with Crippen LogP contribution in [0.2, 0.25) is 0 Å². The molecule has 2 fully saturated rings. The van der Waals surface area contributed by atoms with Crippen LogP contribution in [0, 0.1) is 11.8 Å². The number of carbonyl (C=O) groups is 1. The number of hydrogen-bond acceptors (Lipinski definition) is 5. The van der Waals surface area contributed by atoms with Crippen molar-refractivity contribution in [3.8, 4) is 5.75 Å². The van der Waals surface area contributed by atoms with Crippen molar-refractivity contribution in [1.82, 2.24) is 14.9 Å². The second-order valence-electron chi connectivity index (χ2n) is 6.56. The largest absolute Gasteiger partial charge is 0.508 e.